The number of nitrogens with one attached hydrogen (secondary N) is 2. The molecule has 3 aromatic rings. The van der Waals surface area contributed by atoms with Crippen LogP contribution in [0.4, 0.5) is 10.6 Å². The van der Waals surface area contributed by atoms with Gasteiger partial charge in [-0.05, 0) is 37.1 Å². The molecule has 4 rings (SSSR count). The van der Waals surface area contributed by atoms with Gasteiger partial charge in [-0.25, -0.2) is 9.59 Å². The SMILES string of the molecule is CCn1c2c(c(=O)n(CC)c1=O)C(c1cccc(OCc3ccccc3)c1)NC(=O)N2. The first-order valence-electron chi connectivity index (χ1n) is 10.2. The third kappa shape index (κ3) is 3.84. The van der Waals surface area contributed by atoms with Crippen molar-refractivity contribution >= 4 is 11.8 Å². The van der Waals surface area contributed by atoms with Gasteiger partial charge in [-0.2, -0.15) is 0 Å². The zero-order chi connectivity index (χ0) is 22.0. The normalized spacial score (nSPS) is 15.0. The van der Waals surface area contributed by atoms with Crippen LogP contribution in [0.5, 0.6) is 5.75 Å². The van der Waals surface area contributed by atoms with Crippen molar-refractivity contribution in [1.82, 2.24) is 14.5 Å². The number of fused-ring (bicyclic) bond motifs is 1. The molecule has 2 heterocycles. The molecule has 1 aliphatic heterocycles. The van der Waals surface area contributed by atoms with Gasteiger partial charge in [-0.1, -0.05) is 42.5 Å². The van der Waals surface area contributed by atoms with E-state index < -0.39 is 23.3 Å². The second kappa shape index (κ2) is 8.51. The predicted octanol–water partition coefficient (Wildman–Crippen LogP) is 2.85. The van der Waals surface area contributed by atoms with Crippen LogP contribution in [0.15, 0.2) is 64.2 Å². The molecule has 0 bridgehead atoms. The molecule has 1 aromatic heterocycles. The van der Waals surface area contributed by atoms with Crippen LogP contribution >= 0.6 is 0 Å². The molecule has 0 radical (unpaired) electrons. The van der Waals surface area contributed by atoms with E-state index in [0.29, 0.717) is 30.0 Å². The summed E-state index contributed by atoms with van der Waals surface area (Å²) in [5.41, 5.74) is 1.21. The Labute approximate surface area is 179 Å². The van der Waals surface area contributed by atoms with Crippen molar-refractivity contribution in [2.24, 2.45) is 0 Å². The number of amides is 2. The van der Waals surface area contributed by atoms with E-state index in [-0.39, 0.29) is 12.4 Å². The zero-order valence-corrected chi connectivity index (χ0v) is 17.4. The van der Waals surface area contributed by atoms with Crippen LogP contribution in [-0.4, -0.2) is 15.2 Å². The average molecular weight is 420 g/mol. The van der Waals surface area contributed by atoms with Gasteiger partial charge in [0.05, 0.1) is 11.6 Å². The molecule has 2 amide bonds. The number of anilines is 1. The molecule has 0 spiro atoms. The van der Waals surface area contributed by atoms with Gasteiger partial charge in [0.2, 0.25) is 0 Å². The van der Waals surface area contributed by atoms with E-state index in [2.05, 4.69) is 10.6 Å². The van der Waals surface area contributed by atoms with Crippen LogP contribution in [0.25, 0.3) is 0 Å². The molecule has 160 valence electrons. The maximum Gasteiger partial charge on any atom is 0.332 e. The summed E-state index contributed by atoms with van der Waals surface area (Å²) in [4.78, 5) is 38.2. The van der Waals surface area contributed by atoms with Gasteiger partial charge in [0.1, 0.15) is 18.2 Å². The molecule has 31 heavy (non-hydrogen) atoms. The number of aromatic nitrogens is 2. The van der Waals surface area contributed by atoms with Crippen molar-refractivity contribution in [1.29, 1.82) is 0 Å². The highest BCUT2D eigenvalue weighted by atomic mass is 16.5. The van der Waals surface area contributed by atoms with E-state index in [1.165, 1.54) is 9.13 Å². The van der Waals surface area contributed by atoms with Crippen molar-refractivity contribution in [3.8, 4) is 5.75 Å². The smallest absolute Gasteiger partial charge is 0.332 e. The first-order chi connectivity index (χ1) is 15.0. The van der Waals surface area contributed by atoms with E-state index >= 15 is 0 Å². The maximum atomic E-state index is 13.1. The Morgan fingerprint density at radius 1 is 0.935 bits per heavy atom. The van der Waals surface area contributed by atoms with E-state index in [1.807, 2.05) is 48.5 Å². The third-order valence-corrected chi connectivity index (χ3v) is 5.33. The molecule has 8 heteroatoms. The molecule has 1 aliphatic rings. The number of urea groups is 1. The third-order valence-electron chi connectivity index (χ3n) is 5.33. The Bertz CT molecular complexity index is 1230. The summed E-state index contributed by atoms with van der Waals surface area (Å²) in [5, 5.41) is 5.46. The van der Waals surface area contributed by atoms with Crippen LogP contribution in [-0.2, 0) is 19.7 Å². The number of ether oxygens (including phenoxy) is 1. The number of rotatable bonds is 6. The summed E-state index contributed by atoms with van der Waals surface area (Å²) in [6, 6.07) is 15.9. The summed E-state index contributed by atoms with van der Waals surface area (Å²) < 4.78 is 8.51. The van der Waals surface area contributed by atoms with Crippen molar-refractivity contribution in [2.45, 2.75) is 39.6 Å². The Kier molecular flexibility index (Phi) is 5.62. The lowest BCUT2D eigenvalue weighted by Crippen LogP contribution is -2.50. The van der Waals surface area contributed by atoms with Crippen LogP contribution in [0.1, 0.15) is 36.6 Å². The molecular weight excluding hydrogens is 396 g/mol. The molecule has 0 fully saturated rings. The Hall–Kier alpha value is -3.81. The van der Waals surface area contributed by atoms with Gasteiger partial charge < -0.3 is 10.1 Å². The number of nitrogens with zero attached hydrogens (tertiary/aromatic N) is 2. The summed E-state index contributed by atoms with van der Waals surface area (Å²) in [5.74, 6) is 0.863. The van der Waals surface area contributed by atoms with Crippen LogP contribution in [0.2, 0.25) is 0 Å². The molecule has 1 atom stereocenters. The van der Waals surface area contributed by atoms with Gasteiger partial charge in [-0.15, -0.1) is 0 Å². The Morgan fingerprint density at radius 2 is 1.68 bits per heavy atom. The summed E-state index contributed by atoms with van der Waals surface area (Å²) in [7, 11) is 0. The quantitative estimate of drug-likeness (QED) is 0.641. The number of hydrogen-bond acceptors (Lipinski definition) is 4. The minimum absolute atomic E-state index is 0.242. The molecule has 2 aromatic carbocycles. The summed E-state index contributed by atoms with van der Waals surface area (Å²) >= 11 is 0. The van der Waals surface area contributed by atoms with Gasteiger partial charge in [0.15, 0.2) is 0 Å². The lowest BCUT2D eigenvalue weighted by molar-refractivity contribution is 0.248. The number of carbonyl (C=O) groups is 1. The van der Waals surface area contributed by atoms with Crippen molar-refractivity contribution in [3.05, 3.63) is 92.1 Å². The maximum absolute atomic E-state index is 13.1. The largest absolute Gasteiger partial charge is 0.489 e. The monoisotopic (exact) mass is 420 g/mol. The summed E-state index contributed by atoms with van der Waals surface area (Å²) in [6.45, 7) is 4.52. The van der Waals surface area contributed by atoms with E-state index in [1.54, 1.807) is 19.9 Å². The molecule has 0 aliphatic carbocycles. The second-order valence-corrected chi connectivity index (χ2v) is 7.22. The first kappa shape index (κ1) is 20.5. The Balaban J connectivity index is 1.76. The molecule has 0 saturated carbocycles. The highest BCUT2D eigenvalue weighted by molar-refractivity contribution is 5.92. The van der Waals surface area contributed by atoms with Crippen molar-refractivity contribution in [2.75, 3.05) is 5.32 Å². The van der Waals surface area contributed by atoms with Crippen molar-refractivity contribution in [3.63, 3.8) is 0 Å². The number of hydrogen-bond donors (Lipinski definition) is 2. The van der Waals surface area contributed by atoms with Gasteiger partial charge in [0.25, 0.3) is 5.56 Å². The minimum atomic E-state index is -0.701. The van der Waals surface area contributed by atoms with E-state index in [9.17, 15) is 14.4 Å². The molecule has 1 unspecified atom stereocenters. The number of carbonyl (C=O) groups excluding carboxylic acids is 1. The van der Waals surface area contributed by atoms with Crippen LogP contribution in [0.3, 0.4) is 0 Å². The zero-order valence-electron chi connectivity index (χ0n) is 17.4. The van der Waals surface area contributed by atoms with Gasteiger partial charge >= 0.3 is 11.7 Å². The van der Waals surface area contributed by atoms with Gasteiger partial charge in [0, 0.05) is 13.1 Å². The molecular formula is C23H24N4O4. The average Bonchev–Trinajstić information content (AvgIpc) is 2.78. The first-order valence-corrected chi connectivity index (χ1v) is 10.2. The predicted molar refractivity (Wildman–Crippen MR) is 118 cm³/mol. The summed E-state index contributed by atoms with van der Waals surface area (Å²) in [6.07, 6.45) is 0. The van der Waals surface area contributed by atoms with E-state index in [0.717, 1.165) is 5.56 Å². The topological polar surface area (TPSA) is 94.4 Å². The fraction of sp³-hybridized carbons (Fsp3) is 0.261. The highest BCUT2D eigenvalue weighted by Crippen LogP contribution is 2.30. The molecule has 0 saturated heterocycles. The minimum Gasteiger partial charge on any atom is -0.489 e. The standard InChI is InChI=1S/C23H24N4O4/c1-3-26-20-18(21(28)27(4-2)23(26)30)19(24-22(29)25-20)16-11-8-12-17(13-16)31-14-15-9-6-5-7-10-15/h5-13,19H,3-4,14H2,1-2H3,(H2,24,25,29). The van der Waals surface area contributed by atoms with Crippen LogP contribution in [0, 0.1) is 0 Å². The lowest BCUT2D eigenvalue weighted by atomic mass is 9.98. The van der Waals surface area contributed by atoms with E-state index in [4.69, 9.17) is 4.74 Å². The Morgan fingerprint density at radius 3 is 2.39 bits per heavy atom. The fourth-order valence-corrected chi connectivity index (χ4v) is 3.81. The molecule has 2 N–H and O–H groups in total. The molecule has 8 nitrogen and oxygen atoms in total. The lowest BCUT2D eigenvalue weighted by Gasteiger charge is -2.29. The van der Waals surface area contributed by atoms with Crippen LogP contribution < -0.4 is 26.6 Å². The van der Waals surface area contributed by atoms with Crippen molar-refractivity contribution < 1.29 is 9.53 Å². The fourth-order valence-electron chi connectivity index (χ4n) is 3.81. The number of benzene rings is 2. The second-order valence-electron chi connectivity index (χ2n) is 7.22. The highest BCUT2D eigenvalue weighted by Gasteiger charge is 2.32. The van der Waals surface area contributed by atoms with Gasteiger partial charge in [-0.3, -0.25) is 19.2 Å².